The highest BCUT2D eigenvalue weighted by Gasteiger charge is 2.22. The number of hydrogen-bond acceptors (Lipinski definition) is 2. The second-order valence-corrected chi connectivity index (χ2v) is 6.31. The van der Waals surface area contributed by atoms with E-state index in [1.165, 1.54) is 17.5 Å². The van der Waals surface area contributed by atoms with Gasteiger partial charge in [-0.25, -0.2) is 0 Å². The quantitative estimate of drug-likeness (QED) is 0.612. The third kappa shape index (κ3) is 3.82. The second-order valence-electron chi connectivity index (χ2n) is 6.31. The Kier molecular flexibility index (Phi) is 5.36. The van der Waals surface area contributed by atoms with Gasteiger partial charge in [-0.3, -0.25) is 11.3 Å². The van der Waals surface area contributed by atoms with E-state index in [1.54, 1.807) is 0 Å². The summed E-state index contributed by atoms with van der Waals surface area (Å²) in [6.45, 7) is 11.3. The van der Waals surface area contributed by atoms with Crippen molar-refractivity contribution in [2.45, 2.75) is 58.9 Å². The van der Waals surface area contributed by atoms with E-state index in [2.05, 4.69) is 64.3 Å². The third-order valence-electron chi connectivity index (χ3n) is 3.68. The Bertz CT molecular complexity index is 366. The smallest absolute Gasteiger partial charge is 0.0465 e. The van der Waals surface area contributed by atoms with E-state index < -0.39 is 0 Å². The van der Waals surface area contributed by atoms with E-state index in [4.69, 9.17) is 5.84 Å². The van der Waals surface area contributed by atoms with Crippen LogP contribution in [-0.4, -0.2) is 0 Å². The second kappa shape index (κ2) is 6.35. The molecule has 0 amide bonds. The molecule has 0 spiro atoms. The van der Waals surface area contributed by atoms with E-state index in [0.717, 1.165) is 6.42 Å². The molecule has 0 saturated heterocycles. The minimum absolute atomic E-state index is 0.154. The first-order chi connectivity index (χ1) is 8.40. The summed E-state index contributed by atoms with van der Waals surface area (Å²) in [5, 5.41) is 0. The molecule has 1 aromatic rings. The zero-order chi connectivity index (χ0) is 13.8. The standard InChI is InChI=1S/C16H28N2/c1-6-12(2)11-15(18-17)13-9-7-8-10-14(13)16(3,4)5/h7-10,12,15,18H,6,11,17H2,1-5H3. The Balaban J connectivity index is 3.06. The normalized spacial score (nSPS) is 15.4. The van der Waals surface area contributed by atoms with Crippen LogP contribution in [0.1, 0.15) is 64.6 Å². The Morgan fingerprint density at radius 1 is 1.22 bits per heavy atom. The lowest BCUT2D eigenvalue weighted by atomic mass is 9.80. The Hall–Kier alpha value is -0.860. The van der Waals surface area contributed by atoms with Crippen LogP contribution < -0.4 is 11.3 Å². The van der Waals surface area contributed by atoms with E-state index in [-0.39, 0.29) is 11.5 Å². The largest absolute Gasteiger partial charge is 0.271 e. The minimum atomic E-state index is 0.154. The Morgan fingerprint density at radius 2 is 1.83 bits per heavy atom. The molecule has 0 bridgehead atoms. The number of hydrazine groups is 1. The van der Waals surface area contributed by atoms with Gasteiger partial charge in [-0.2, -0.15) is 0 Å². The third-order valence-corrected chi connectivity index (χ3v) is 3.68. The molecule has 2 nitrogen and oxygen atoms in total. The van der Waals surface area contributed by atoms with E-state index in [0.29, 0.717) is 5.92 Å². The summed E-state index contributed by atoms with van der Waals surface area (Å²) in [5.41, 5.74) is 5.88. The van der Waals surface area contributed by atoms with Crippen LogP contribution in [0.15, 0.2) is 24.3 Å². The zero-order valence-corrected chi connectivity index (χ0v) is 12.5. The summed E-state index contributed by atoms with van der Waals surface area (Å²) in [6, 6.07) is 8.88. The highest BCUT2D eigenvalue weighted by Crippen LogP contribution is 2.32. The maximum atomic E-state index is 5.77. The first-order valence-electron chi connectivity index (χ1n) is 6.95. The van der Waals surface area contributed by atoms with Crippen molar-refractivity contribution in [3.8, 4) is 0 Å². The predicted molar refractivity (Wildman–Crippen MR) is 79.3 cm³/mol. The molecule has 3 N–H and O–H groups in total. The fraction of sp³-hybridized carbons (Fsp3) is 0.625. The maximum absolute atomic E-state index is 5.77. The monoisotopic (exact) mass is 248 g/mol. The maximum Gasteiger partial charge on any atom is 0.0465 e. The molecule has 0 saturated carbocycles. The lowest BCUT2D eigenvalue weighted by Crippen LogP contribution is -2.31. The van der Waals surface area contributed by atoms with Crippen LogP contribution in [0.4, 0.5) is 0 Å². The predicted octanol–water partition coefficient (Wildman–Crippen LogP) is 3.92. The van der Waals surface area contributed by atoms with Gasteiger partial charge in [0.15, 0.2) is 0 Å². The summed E-state index contributed by atoms with van der Waals surface area (Å²) in [4.78, 5) is 0. The molecule has 0 aliphatic rings. The topological polar surface area (TPSA) is 38.0 Å². The van der Waals surface area contributed by atoms with Crippen LogP contribution >= 0.6 is 0 Å². The molecule has 2 unspecified atom stereocenters. The van der Waals surface area contributed by atoms with E-state index in [9.17, 15) is 0 Å². The first kappa shape index (κ1) is 15.2. The number of rotatable bonds is 5. The summed E-state index contributed by atoms with van der Waals surface area (Å²) >= 11 is 0. The summed E-state index contributed by atoms with van der Waals surface area (Å²) in [6.07, 6.45) is 2.27. The van der Waals surface area contributed by atoms with Gasteiger partial charge in [-0.05, 0) is 28.9 Å². The molecule has 2 heteroatoms. The van der Waals surface area contributed by atoms with Crippen molar-refractivity contribution in [3.05, 3.63) is 35.4 Å². The van der Waals surface area contributed by atoms with Crippen LogP contribution in [-0.2, 0) is 5.41 Å². The molecule has 0 heterocycles. The van der Waals surface area contributed by atoms with Gasteiger partial charge in [-0.1, -0.05) is 65.3 Å². The molecule has 0 aliphatic carbocycles. The molecule has 0 aromatic heterocycles. The van der Waals surface area contributed by atoms with Crippen molar-refractivity contribution >= 4 is 0 Å². The van der Waals surface area contributed by atoms with Gasteiger partial charge < -0.3 is 0 Å². The highest BCUT2D eigenvalue weighted by atomic mass is 15.2. The van der Waals surface area contributed by atoms with Gasteiger partial charge in [-0.15, -0.1) is 0 Å². The van der Waals surface area contributed by atoms with Gasteiger partial charge in [0.1, 0.15) is 0 Å². The minimum Gasteiger partial charge on any atom is -0.271 e. The lowest BCUT2D eigenvalue weighted by Gasteiger charge is -2.28. The Morgan fingerprint density at radius 3 is 2.33 bits per heavy atom. The van der Waals surface area contributed by atoms with Crippen molar-refractivity contribution in [3.63, 3.8) is 0 Å². The van der Waals surface area contributed by atoms with Gasteiger partial charge in [0.05, 0.1) is 0 Å². The van der Waals surface area contributed by atoms with Crippen molar-refractivity contribution in [1.29, 1.82) is 0 Å². The van der Waals surface area contributed by atoms with Crippen LogP contribution in [0.5, 0.6) is 0 Å². The van der Waals surface area contributed by atoms with E-state index in [1.807, 2.05) is 0 Å². The molecule has 102 valence electrons. The SMILES string of the molecule is CCC(C)CC(NN)c1ccccc1C(C)(C)C. The van der Waals surface area contributed by atoms with Crippen LogP contribution in [0.25, 0.3) is 0 Å². The van der Waals surface area contributed by atoms with Crippen LogP contribution in [0.3, 0.4) is 0 Å². The average molecular weight is 248 g/mol. The molecule has 0 aliphatic heterocycles. The number of benzene rings is 1. The molecule has 1 aromatic carbocycles. The molecule has 0 radical (unpaired) electrons. The van der Waals surface area contributed by atoms with Crippen LogP contribution in [0, 0.1) is 5.92 Å². The van der Waals surface area contributed by atoms with E-state index >= 15 is 0 Å². The highest BCUT2D eigenvalue weighted by molar-refractivity contribution is 5.35. The molecule has 18 heavy (non-hydrogen) atoms. The molecular formula is C16H28N2. The van der Waals surface area contributed by atoms with Gasteiger partial charge >= 0.3 is 0 Å². The molecule has 2 atom stereocenters. The summed E-state index contributed by atoms with van der Waals surface area (Å²) < 4.78 is 0. The van der Waals surface area contributed by atoms with Crippen molar-refractivity contribution in [2.24, 2.45) is 11.8 Å². The number of nitrogens with two attached hydrogens (primary N) is 1. The fourth-order valence-corrected chi connectivity index (χ4v) is 2.34. The number of hydrogen-bond donors (Lipinski definition) is 2. The van der Waals surface area contributed by atoms with Crippen molar-refractivity contribution in [1.82, 2.24) is 5.43 Å². The van der Waals surface area contributed by atoms with Crippen molar-refractivity contribution in [2.75, 3.05) is 0 Å². The summed E-state index contributed by atoms with van der Waals surface area (Å²) in [5.74, 6) is 6.45. The summed E-state index contributed by atoms with van der Waals surface area (Å²) in [7, 11) is 0. The molecular weight excluding hydrogens is 220 g/mol. The lowest BCUT2D eigenvalue weighted by molar-refractivity contribution is 0.401. The first-order valence-corrected chi connectivity index (χ1v) is 6.95. The zero-order valence-electron chi connectivity index (χ0n) is 12.5. The average Bonchev–Trinajstić information content (AvgIpc) is 2.34. The van der Waals surface area contributed by atoms with Gasteiger partial charge in [0.25, 0.3) is 0 Å². The van der Waals surface area contributed by atoms with Gasteiger partial charge in [0.2, 0.25) is 0 Å². The van der Waals surface area contributed by atoms with Crippen molar-refractivity contribution < 1.29 is 0 Å². The van der Waals surface area contributed by atoms with Gasteiger partial charge in [0, 0.05) is 6.04 Å². The molecule has 1 rings (SSSR count). The fourth-order valence-electron chi connectivity index (χ4n) is 2.34. The van der Waals surface area contributed by atoms with Crippen LogP contribution in [0.2, 0.25) is 0 Å². The molecule has 0 fully saturated rings. The Labute approximate surface area is 112 Å². The number of nitrogens with one attached hydrogen (secondary N) is 1.